The summed E-state index contributed by atoms with van der Waals surface area (Å²) >= 11 is 3.55. The molecule has 1 aliphatic heterocycles. The number of carbonyl (C=O) groups excluding carboxylic acids is 1. The lowest BCUT2D eigenvalue weighted by molar-refractivity contribution is -0.117. The molecule has 0 radical (unpaired) electrons. The van der Waals surface area contributed by atoms with Gasteiger partial charge in [-0.2, -0.15) is 5.10 Å². The Hall–Kier alpha value is -1.66. The molecule has 1 aromatic carbocycles. The van der Waals surface area contributed by atoms with Gasteiger partial charge in [-0.25, -0.2) is 4.68 Å². The highest BCUT2D eigenvalue weighted by atomic mass is 79.9. The maximum atomic E-state index is 12.7. The molecule has 1 N–H and O–H groups in total. The van der Waals surface area contributed by atoms with Gasteiger partial charge in [0.1, 0.15) is 5.82 Å². The van der Waals surface area contributed by atoms with Gasteiger partial charge in [-0.15, -0.1) is 0 Å². The van der Waals surface area contributed by atoms with Crippen LogP contribution in [0.4, 0.5) is 5.82 Å². The van der Waals surface area contributed by atoms with Gasteiger partial charge in [0.05, 0.1) is 18.8 Å². The minimum absolute atomic E-state index is 0.0478. The molecule has 1 aromatic heterocycles. The molecule has 2 aliphatic rings. The molecule has 0 bridgehead atoms. The summed E-state index contributed by atoms with van der Waals surface area (Å²) in [5.41, 5.74) is 1.28. The van der Waals surface area contributed by atoms with Crippen molar-refractivity contribution in [1.82, 2.24) is 14.7 Å². The summed E-state index contributed by atoms with van der Waals surface area (Å²) in [5, 5.41) is 7.53. The summed E-state index contributed by atoms with van der Waals surface area (Å²) in [6.45, 7) is 1.39. The second kappa shape index (κ2) is 7.92. The van der Waals surface area contributed by atoms with E-state index < -0.39 is 0 Å². The topological polar surface area (TPSA) is 50.2 Å². The summed E-state index contributed by atoms with van der Waals surface area (Å²) in [7, 11) is 0. The number of anilines is 1. The molecule has 1 unspecified atom stereocenters. The van der Waals surface area contributed by atoms with E-state index in [4.69, 9.17) is 0 Å². The number of aromatic nitrogens is 2. The zero-order valence-electron chi connectivity index (χ0n) is 14.9. The average molecular weight is 417 g/mol. The van der Waals surface area contributed by atoms with Crippen molar-refractivity contribution in [2.24, 2.45) is 0 Å². The second-order valence-corrected chi connectivity index (χ2v) is 8.25. The maximum absolute atomic E-state index is 12.7. The Balaban J connectivity index is 1.41. The van der Waals surface area contributed by atoms with Gasteiger partial charge in [-0.05, 0) is 49.9 Å². The number of hydrogen-bond donors (Lipinski definition) is 1. The summed E-state index contributed by atoms with van der Waals surface area (Å²) in [5.74, 6) is 0.881. The number of nitrogens with one attached hydrogen (secondary N) is 1. The number of rotatable bonds is 5. The normalized spacial score (nSPS) is 21.3. The fourth-order valence-electron chi connectivity index (χ4n) is 4.33. The zero-order chi connectivity index (χ0) is 17.9. The molecule has 2 aromatic rings. The van der Waals surface area contributed by atoms with E-state index in [2.05, 4.69) is 49.4 Å². The predicted octanol–water partition coefficient (Wildman–Crippen LogP) is 4.54. The smallest absolute Gasteiger partial charge is 0.239 e. The van der Waals surface area contributed by atoms with Gasteiger partial charge in [0.25, 0.3) is 0 Å². The minimum atomic E-state index is 0.0478. The number of hydrogen-bond acceptors (Lipinski definition) is 3. The van der Waals surface area contributed by atoms with Crippen LogP contribution < -0.4 is 5.32 Å². The van der Waals surface area contributed by atoms with Gasteiger partial charge in [0.2, 0.25) is 5.91 Å². The van der Waals surface area contributed by atoms with E-state index in [1.807, 2.05) is 16.8 Å². The first kappa shape index (κ1) is 17.7. The van der Waals surface area contributed by atoms with Crippen molar-refractivity contribution in [2.45, 2.75) is 50.6 Å². The third kappa shape index (κ3) is 3.86. The standard InChI is InChI=1S/C20H25BrN4O/c21-16-6-3-5-15(13-16)18-9-4-12-24(18)14-20(26)23-19-10-11-22-25(19)17-7-1-2-8-17/h3,5-6,10-11,13,17-18H,1-2,4,7-9,12,14H2,(H,23,26). The molecule has 5 nitrogen and oxygen atoms in total. The Morgan fingerprint density at radius 3 is 2.85 bits per heavy atom. The fourth-order valence-corrected chi connectivity index (χ4v) is 4.74. The summed E-state index contributed by atoms with van der Waals surface area (Å²) in [6.07, 6.45) is 8.82. The molecule has 2 fully saturated rings. The quantitative estimate of drug-likeness (QED) is 0.778. The molecule has 1 saturated heterocycles. The van der Waals surface area contributed by atoms with Crippen LogP contribution in [0, 0.1) is 0 Å². The highest BCUT2D eigenvalue weighted by Gasteiger charge is 2.28. The Kier molecular flexibility index (Phi) is 5.41. The lowest BCUT2D eigenvalue weighted by atomic mass is 10.0. The van der Waals surface area contributed by atoms with Crippen molar-refractivity contribution in [3.63, 3.8) is 0 Å². The number of amides is 1. The molecule has 1 atom stereocenters. The van der Waals surface area contributed by atoms with E-state index >= 15 is 0 Å². The lowest BCUT2D eigenvalue weighted by Crippen LogP contribution is -2.33. The molecule has 2 heterocycles. The van der Waals surface area contributed by atoms with Crippen molar-refractivity contribution in [3.8, 4) is 0 Å². The second-order valence-electron chi connectivity index (χ2n) is 7.33. The van der Waals surface area contributed by atoms with E-state index in [-0.39, 0.29) is 5.91 Å². The molecule has 0 spiro atoms. The number of nitrogens with zero attached hydrogens (tertiary/aromatic N) is 3. The average Bonchev–Trinajstić information content (AvgIpc) is 3.36. The van der Waals surface area contributed by atoms with Crippen molar-refractivity contribution in [1.29, 1.82) is 0 Å². The molecule has 1 saturated carbocycles. The van der Waals surface area contributed by atoms with E-state index in [1.54, 1.807) is 6.20 Å². The maximum Gasteiger partial charge on any atom is 0.239 e. The summed E-state index contributed by atoms with van der Waals surface area (Å²) in [4.78, 5) is 15.0. The number of carbonyl (C=O) groups is 1. The largest absolute Gasteiger partial charge is 0.310 e. The van der Waals surface area contributed by atoms with E-state index in [1.165, 1.54) is 18.4 Å². The van der Waals surface area contributed by atoms with Gasteiger partial charge < -0.3 is 5.32 Å². The number of halogens is 1. The van der Waals surface area contributed by atoms with E-state index in [0.717, 1.165) is 42.5 Å². The lowest BCUT2D eigenvalue weighted by Gasteiger charge is -2.24. The van der Waals surface area contributed by atoms with Crippen LogP contribution in [0.15, 0.2) is 41.0 Å². The molecular formula is C20H25BrN4O. The van der Waals surface area contributed by atoms with Crippen LogP contribution in [-0.2, 0) is 4.79 Å². The Labute approximate surface area is 162 Å². The van der Waals surface area contributed by atoms with Gasteiger partial charge in [0.15, 0.2) is 0 Å². The van der Waals surface area contributed by atoms with Gasteiger partial charge in [-0.3, -0.25) is 9.69 Å². The Morgan fingerprint density at radius 1 is 1.19 bits per heavy atom. The molecular weight excluding hydrogens is 392 g/mol. The van der Waals surface area contributed by atoms with E-state index in [9.17, 15) is 4.79 Å². The first-order valence-corrected chi connectivity index (χ1v) is 10.3. The SMILES string of the molecule is O=C(CN1CCCC1c1cccc(Br)c1)Nc1ccnn1C1CCCC1. The molecule has 6 heteroatoms. The van der Waals surface area contributed by atoms with Crippen LogP contribution in [0.3, 0.4) is 0 Å². The summed E-state index contributed by atoms with van der Waals surface area (Å²) in [6, 6.07) is 11.1. The van der Waals surface area contributed by atoms with Crippen LogP contribution in [0.2, 0.25) is 0 Å². The van der Waals surface area contributed by atoms with E-state index in [0.29, 0.717) is 18.6 Å². The van der Waals surface area contributed by atoms with Gasteiger partial charge in [0, 0.05) is 16.6 Å². The molecule has 4 rings (SSSR count). The van der Waals surface area contributed by atoms with Crippen LogP contribution in [0.5, 0.6) is 0 Å². The summed E-state index contributed by atoms with van der Waals surface area (Å²) < 4.78 is 3.09. The monoisotopic (exact) mass is 416 g/mol. The van der Waals surface area contributed by atoms with Crippen LogP contribution in [0.25, 0.3) is 0 Å². The van der Waals surface area contributed by atoms with Crippen molar-refractivity contribution in [3.05, 3.63) is 46.6 Å². The fraction of sp³-hybridized carbons (Fsp3) is 0.500. The third-order valence-corrected chi connectivity index (χ3v) is 6.05. The Morgan fingerprint density at radius 2 is 2.04 bits per heavy atom. The molecule has 1 aliphatic carbocycles. The highest BCUT2D eigenvalue weighted by molar-refractivity contribution is 9.10. The Bertz CT molecular complexity index is 769. The van der Waals surface area contributed by atoms with Crippen molar-refractivity contribution < 1.29 is 4.79 Å². The minimum Gasteiger partial charge on any atom is -0.310 e. The first-order valence-electron chi connectivity index (χ1n) is 9.53. The van der Waals surface area contributed by atoms with Crippen LogP contribution >= 0.6 is 15.9 Å². The molecule has 1 amide bonds. The molecule has 138 valence electrons. The van der Waals surface area contributed by atoms with Gasteiger partial charge in [-0.1, -0.05) is 40.9 Å². The van der Waals surface area contributed by atoms with Crippen molar-refractivity contribution >= 4 is 27.7 Å². The predicted molar refractivity (Wildman–Crippen MR) is 106 cm³/mol. The zero-order valence-corrected chi connectivity index (χ0v) is 16.5. The number of likely N-dealkylation sites (tertiary alicyclic amines) is 1. The van der Waals surface area contributed by atoms with Gasteiger partial charge >= 0.3 is 0 Å². The molecule has 26 heavy (non-hydrogen) atoms. The first-order chi connectivity index (χ1) is 12.7. The number of benzene rings is 1. The van der Waals surface area contributed by atoms with Crippen LogP contribution in [0.1, 0.15) is 56.2 Å². The van der Waals surface area contributed by atoms with Crippen LogP contribution in [-0.4, -0.2) is 33.7 Å². The third-order valence-electron chi connectivity index (χ3n) is 5.55. The van der Waals surface area contributed by atoms with Crippen molar-refractivity contribution in [2.75, 3.05) is 18.4 Å². The highest BCUT2D eigenvalue weighted by Crippen LogP contribution is 2.33.